The largest absolute Gasteiger partial charge is 0.463 e. The van der Waals surface area contributed by atoms with Crippen LogP contribution in [-0.2, 0) is 0 Å². The monoisotopic (exact) mass is 277 g/mol. The van der Waals surface area contributed by atoms with Gasteiger partial charge in [0, 0.05) is 12.4 Å². The van der Waals surface area contributed by atoms with Crippen LogP contribution >= 0.6 is 0 Å². The average Bonchev–Trinajstić information content (AvgIpc) is 2.99. The van der Waals surface area contributed by atoms with Crippen molar-refractivity contribution in [3.63, 3.8) is 0 Å². The van der Waals surface area contributed by atoms with Crippen LogP contribution in [0.2, 0.25) is 0 Å². The highest BCUT2D eigenvalue weighted by Gasteiger charge is 2.10. The second kappa shape index (κ2) is 6.80. The quantitative estimate of drug-likeness (QED) is 0.578. The summed E-state index contributed by atoms with van der Waals surface area (Å²) in [5, 5.41) is 4.07. The first-order chi connectivity index (χ1) is 9.72. The third-order valence-corrected chi connectivity index (χ3v) is 2.72. The smallest absolute Gasteiger partial charge is 0.323 e. The third kappa shape index (κ3) is 3.64. The molecule has 108 valence electrons. The number of hydrogen-bond acceptors (Lipinski definition) is 7. The van der Waals surface area contributed by atoms with Gasteiger partial charge in [-0.05, 0) is 18.4 Å². The van der Waals surface area contributed by atoms with Gasteiger partial charge in [-0.15, -0.1) is 0 Å². The summed E-state index contributed by atoms with van der Waals surface area (Å²) in [4.78, 5) is 12.4. The summed E-state index contributed by atoms with van der Waals surface area (Å²) in [5.74, 6) is 6.40. The minimum absolute atomic E-state index is 0.237. The lowest BCUT2D eigenvalue weighted by Crippen LogP contribution is -2.16. The van der Waals surface area contributed by atoms with Crippen LogP contribution in [-0.4, -0.2) is 31.3 Å². The maximum atomic E-state index is 5.60. The van der Waals surface area contributed by atoms with Crippen molar-refractivity contribution < 1.29 is 4.74 Å². The lowest BCUT2D eigenvalue weighted by Gasteiger charge is -2.11. The van der Waals surface area contributed by atoms with Gasteiger partial charge in [-0.1, -0.05) is 20.3 Å². The molecule has 0 aliphatic carbocycles. The summed E-state index contributed by atoms with van der Waals surface area (Å²) >= 11 is 0. The SMILES string of the molecule is CCCC(C)COc1nc(NN)nc(-n2cccn2)n1. The Morgan fingerprint density at radius 1 is 1.40 bits per heavy atom. The van der Waals surface area contributed by atoms with Gasteiger partial charge in [-0.3, -0.25) is 5.43 Å². The van der Waals surface area contributed by atoms with Crippen molar-refractivity contribution in [3.8, 4) is 12.0 Å². The number of hydrazine groups is 1. The molecule has 2 aromatic rings. The minimum atomic E-state index is 0.237. The van der Waals surface area contributed by atoms with Gasteiger partial charge in [0.15, 0.2) is 0 Å². The predicted molar refractivity (Wildman–Crippen MR) is 74.3 cm³/mol. The maximum absolute atomic E-state index is 5.60. The summed E-state index contributed by atoms with van der Waals surface area (Å²) < 4.78 is 7.12. The van der Waals surface area contributed by atoms with Crippen molar-refractivity contribution in [2.45, 2.75) is 26.7 Å². The van der Waals surface area contributed by atoms with Crippen molar-refractivity contribution in [1.82, 2.24) is 24.7 Å². The van der Waals surface area contributed by atoms with E-state index < -0.39 is 0 Å². The molecule has 0 amide bonds. The lowest BCUT2D eigenvalue weighted by atomic mass is 10.1. The lowest BCUT2D eigenvalue weighted by molar-refractivity contribution is 0.233. The van der Waals surface area contributed by atoms with Crippen molar-refractivity contribution in [2.75, 3.05) is 12.0 Å². The van der Waals surface area contributed by atoms with E-state index in [0.717, 1.165) is 12.8 Å². The molecule has 2 rings (SSSR count). The molecule has 0 fully saturated rings. The Morgan fingerprint density at radius 3 is 2.90 bits per heavy atom. The van der Waals surface area contributed by atoms with Gasteiger partial charge < -0.3 is 4.74 Å². The zero-order chi connectivity index (χ0) is 14.4. The Balaban J connectivity index is 2.14. The number of nitrogen functional groups attached to an aromatic ring is 1. The van der Waals surface area contributed by atoms with Crippen LogP contribution in [0.5, 0.6) is 6.01 Å². The van der Waals surface area contributed by atoms with Gasteiger partial charge in [0.25, 0.3) is 5.95 Å². The number of aromatic nitrogens is 5. The van der Waals surface area contributed by atoms with Crippen molar-refractivity contribution in [3.05, 3.63) is 18.5 Å². The van der Waals surface area contributed by atoms with Crippen LogP contribution < -0.4 is 16.0 Å². The van der Waals surface area contributed by atoms with Crippen LogP contribution in [0.15, 0.2) is 18.5 Å². The first kappa shape index (κ1) is 14.2. The molecule has 0 aliphatic heterocycles. The summed E-state index contributed by atoms with van der Waals surface area (Å²) in [6.07, 6.45) is 5.59. The number of anilines is 1. The van der Waals surface area contributed by atoms with Crippen LogP contribution in [0.4, 0.5) is 5.95 Å². The Bertz CT molecular complexity index is 529. The van der Waals surface area contributed by atoms with E-state index in [1.807, 2.05) is 0 Å². The van der Waals surface area contributed by atoms with E-state index in [0.29, 0.717) is 18.5 Å². The molecule has 0 bridgehead atoms. The first-order valence-electron chi connectivity index (χ1n) is 6.58. The molecule has 0 aromatic carbocycles. The maximum Gasteiger partial charge on any atom is 0.323 e. The topological polar surface area (TPSA) is 104 Å². The van der Waals surface area contributed by atoms with E-state index >= 15 is 0 Å². The van der Waals surface area contributed by atoms with E-state index in [4.69, 9.17) is 10.6 Å². The van der Waals surface area contributed by atoms with Gasteiger partial charge in [0.2, 0.25) is 5.95 Å². The normalized spacial score (nSPS) is 12.2. The van der Waals surface area contributed by atoms with Crippen molar-refractivity contribution >= 4 is 5.95 Å². The molecule has 2 aromatic heterocycles. The number of nitrogens with one attached hydrogen (secondary N) is 1. The fourth-order valence-corrected chi connectivity index (χ4v) is 1.76. The van der Waals surface area contributed by atoms with Gasteiger partial charge in [-0.2, -0.15) is 20.1 Å². The van der Waals surface area contributed by atoms with E-state index in [1.54, 1.807) is 18.5 Å². The Labute approximate surface area is 117 Å². The van der Waals surface area contributed by atoms with Crippen LogP contribution in [0.3, 0.4) is 0 Å². The molecule has 1 atom stereocenters. The van der Waals surface area contributed by atoms with Gasteiger partial charge >= 0.3 is 6.01 Å². The molecule has 0 radical (unpaired) electrons. The van der Waals surface area contributed by atoms with Crippen LogP contribution in [0.25, 0.3) is 5.95 Å². The standard InChI is InChI=1S/C12H19N7O/c1-3-5-9(2)8-20-12-16-10(18-13)15-11(17-12)19-7-4-6-14-19/h4,6-7,9H,3,5,8,13H2,1-2H3,(H,15,16,17,18). The summed E-state index contributed by atoms with van der Waals surface area (Å²) in [7, 11) is 0. The fraction of sp³-hybridized carbons (Fsp3) is 0.500. The van der Waals surface area contributed by atoms with Gasteiger partial charge in [-0.25, -0.2) is 10.5 Å². The first-order valence-corrected chi connectivity index (χ1v) is 6.58. The van der Waals surface area contributed by atoms with Crippen molar-refractivity contribution in [2.24, 2.45) is 11.8 Å². The number of nitrogens with two attached hydrogens (primary N) is 1. The highest BCUT2D eigenvalue weighted by Crippen LogP contribution is 2.12. The molecule has 3 N–H and O–H groups in total. The Kier molecular flexibility index (Phi) is 4.83. The number of nitrogens with zero attached hydrogens (tertiary/aromatic N) is 5. The molecule has 0 aliphatic rings. The molecule has 20 heavy (non-hydrogen) atoms. The summed E-state index contributed by atoms with van der Waals surface area (Å²) in [5.41, 5.74) is 2.40. The van der Waals surface area contributed by atoms with E-state index in [2.05, 4.69) is 39.3 Å². The van der Waals surface area contributed by atoms with Crippen molar-refractivity contribution in [1.29, 1.82) is 0 Å². The highest BCUT2D eigenvalue weighted by molar-refractivity contribution is 5.28. The van der Waals surface area contributed by atoms with Crippen LogP contribution in [0.1, 0.15) is 26.7 Å². The van der Waals surface area contributed by atoms with Gasteiger partial charge in [0.05, 0.1) is 6.61 Å². The minimum Gasteiger partial charge on any atom is -0.463 e. The summed E-state index contributed by atoms with van der Waals surface area (Å²) in [6.45, 7) is 4.83. The number of hydrogen-bond donors (Lipinski definition) is 2. The zero-order valence-corrected chi connectivity index (χ0v) is 11.7. The second-order valence-electron chi connectivity index (χ2n) is 4.54. The molecular formula is C12H19N7O. The second-order valence-corrected chi connectivity index (χ2v) is 4.54. The molecule has 0 saturated carbocycles. The Morgan fingerprint density at radius 2 is 2.25 bits per heavy atom. The van der Waals surface area contributed by atoms with E-state index in [1.165, 1.54) is 4.68 Å². The van der Waals surface area contributed by atoms with Gasteiger partial charge in [0.1, 0.15) is 0 Å². The zero-order valence-electron chi connectivity index (χ0n) is 11.7. The summed E-state index contributed by atoms with van der Waals surface area (Å²) in [6, 6.07) is 2.02. The molecule has 8 nitrogen and oxygen atoms in total. The molecular weight excluding hydrogens is 258 g/mol. The Hall–Kier alpha value is -2.22. The molecule has 2 heterocycles. The predicted octanol–water partition coefficient (Wildman–Crippen LogP) is 1.16. The number of ether oxygens (including phenoxy) is 1. The fourth-order valence-electron chi connectivity index (χ4n) is 1.76. The third-order valence-electron chi connectivity index (χ3n) is 2.72. The van der Waals surface area contributed by atoms with E-state index in [-0.39, 0.29) is 12.0 Å². The molecule has 0 saturated heterocycles. The molecule has 8 heteroatoms. The average molecular weight is 277 g/mol. The molecule has 0 spiro atoms. The number of rotatable bonds is 7. The van der Waals surface area contributed by atoms with E-state index in [9.17, 15) is 0 Å². The molecule has 1 unspecified atom stereocenters. The highest BCUT2D eigenvalue weighted by atomic mass is 16.5. The van der Waals surface area contributed by atoms with Crippen LogP contribution in [0, 0.1) is 5.92 Å².